The summed E-state index contributed by atoms with van der Waals surface area (Å²) in [7, 11) is -3.82. The minimum absolute atomic E-state index is 0.318. The van der Waals surface area contributed by atoms with E-state index in [2.05, 4.69) is 9.71 Å². The van der Waals surface area contributed by atoms with Gasteiger partial charge in [-0.15, -0.1) is 0 Å². The van der Waals surface area contributed by atoms with Gasteiger partial charge in [0.15, 0.2) is 0 Å². The Morgan fingerprint density at radius 1 is 1.26 bits per heavy atom. The average Bonchev–Trinajstić information content (AvgIpc) is 2.43. The van der Waals surface area contributed by atoms with Crippen molar-refractivity contribution in [3.05, 3.63) is 42.1 Å². The second kappa shape index (κ2) is 6.25. The molecule has 0 fully saturated rings. The maximum atomic E-state index is 12.4. The van der Waals surface area contributed by atoms with Crippen molar-refractivity contribution in [2.75, 3.05) is 0 Å². The van der Waals surface area contributed by atoms with Crippen molar-refractivity contribution in [3.63, 3.8) is 0 Å². The lowest BCUT2D eigenvalue weighted by molar-refractivity contribution is -0.141. The molecular formula is C16H20N2O4S. The van der Waals surface area contributed by atoms with Crippen LogP contribution in [0.1, 0.15) is 26.3 Å². The van der Waals surface area contributed by atoms with Gasteiger partial charge in [-0.05, 0) is 17.0 Å². The molecule has 6 nitrogen and oxygen atoms in total. The minimum Gasteiger partial charge on any atom is -0.480 e. The highest BCUT2D eigenvalue weighted by atomic mass is 32.2. The maximum absolute atomic E-state index is 12.4. The Morgan fingerprint density at radius 3 is 2.52 bits per heavy atom. The van der Waals surface area contributed by atoms with Crippen LogP contribution in [0.25, 0.3) is 10.9 Å². The Labute approximate surface area is 135 Å². The number of carbonyl (C=O) groups is 1. The van der Waals surface area contributed by atoms with Crippen molar-refractivity contribution in [1.82, 2.24) is 9.71 Å². The molecule has 7 heteroatoms. The van der Waals surface area contributed by atoms with E-state index in [1.54, 1.807) is 45.2 Å². The molecule has 0 aliphatic heterocycles. The van der Waals surface area contributed by atoms with Crippen molar-refractivity contribution < 1.29 is 18.3 Å². The Balaban J connectivity index is 2.32. The fourth-order valence-electron chi connectivity index (χ4n) is 2.31. The van der Waals surface area contributed by atoms with E-state index in [0.29, 0.717) is 11.1 Å². The van der Waals surface area contributed by atoms with Gasteiger partial charge in [0.25, 0.3) is 0 Å². The summed E-state index contributed by atoms with van der Waals surface area (Å²) in [5.74, 6) is -1.52. The van der Waals surface area contributed by atoms with E-state index in [1.807, 2.05) is 12.1 Å². The SMILES string of the molecule is CC(C)(C)[C@H](NS(=O)(=O)Cc1cccc2cccnc12)C(=O)O. The van der Waals surface area contributed by atoms with E-state index < -0.39 is 27.4 Å². The molecule has 2 N–H and O–H groups in total. The third-order valence-corrected chi connectivity index (χ3v) is 4.76. The molecule has 23 heavy (non-hydrogen) atoms. The lowest BCUT2D eigenvalue weighted by atomic mass is 9.88. The molecule has 0 spiro atoms. The van der Waals surface area contributed by atoms with Gasteiger partial charge in [0, 0.05) is 11.6 Å². The van der Waals surface area contributed by atoms with Crippen LogP contribution in [-0.4, -0.2) is 30.5 Å². The highest BCUT2D eigenvalue weighted by molar-refractivity contribution is 7.88. The van der Waals surface area contributed by atoms with Gasteiger partial charge in [-0.1, -0.05) is 45.0 Å². The number of aliphatic carboxylic acids is 1. The van der Waals surface area contributed by atoms with Crippen molar-refractivity contribution >= 4 is 26.9 Å². The molecule has 0 aliphatic carbocycles. The maximum Gasteiger partial charge on any atom is 0.322 e. The first-order chi connectivity index (χ1) is 10.6. The van der Waals surface area contributed by atoms with E-state index in [0.717, 1.165) is 5.39 Å². The molecule has 0 bridgehead atoms. The summed E-state index contributed by atoms with van der Waals surface area (Å²) >= 11 is 0. The number of carboxylic acid groups (broad SMARTS) is 1. The van der Waals surface area contributed by atoms with E-state index in [1.165, 1.54) is 0 Å². The molecule has 2 rings (SSSR count). The zero-order valence-corrected chi connectivity index (χ0v) is 14.1. The number of hydrogen-bond donors (Lipinski definition) is 2. The second-order valence-corrected chi connectivity index (χ2v) is 8.26. The molecule has 0 saturated heterocycles. The van der Waals surface area contributed by atoms with Crippen LogP contribution in [0.4, 0.5) is 0 Å². The Hall–Kier alpha value is -1.99. The topological polar surface area (TPSA) is 96.4 Å². The smallest absolute Gasteiger partial charge is 0.322 e. The number of pyridine rings is 1. The summed E-state index contributed by atoms with van der Waals surface area (Å²) in [6.45, 7) is 5.02. The zero-order valence-electron chi connectivity index (χ0n) is 13.3. The molecule has 124 valence electrons. The normalized spacial score (nSPS) is 13.9. The molecule has 0 radical (unpaired) electrons. The van der Waals surface area contributed by atoms with Crippen LogP contribution in [0, 0.1) is 5.41 Å². The molecule has 0 saturated carbocycles. The summed E-state index contributed by atoms with van der Waals surface area (Å²) in [5, 5.41) is 10.1. The van der Waals surface area contributed by atoms with Crippen molar-refractivity contribution in [3.8, 4) is 0 Å². The minimum atomic E-state index is -3.82. The van der Waals surface area contributed by atoms with Crippen LogP contribution in [0.5, 0.6) is 0 Å². The number of nitrogens with zero attached hydrogens (tertiary/aromatic N) is 1. The standard InChI is InChI=1S/C16H20N2O4S/c1-16(2,3)14(15(19)20)18-23(21,22)10-12-7-4-6-11-8-5-9-17-13(11)12/h4-9,14,18H,10H2,1-3H3,(H,19,20)/t14-/m1/s1. The fraction of sp³-hybridized carbons (Fsp3) is 0.375. The van der Waals surface area contributed by atoms with Crippen molar-refractivity contribution in [2.45, 2.75) is 32.6 Å². The van der Waals surface area contributed by atoms with Crippen LogP contribution >= 0.6 is 0 Å². The second-order valence-electron chi connectivity index (χ2n) is 6.51. The number of aromatic nitrogens is 1. The Kier molecular flexibility index (Phi) is 4.72. The lowest BCUT2D eigenvalue weighted by Crippen LogP contribution is -2.49. The van der Waals surface area contributed by atoms with Gasteiger partial charge >= 0.3 is 5.97 Å². The number of para-hydroxylation sites is 1. The summed E-state index contributed by atoms with van der Waals surface area (Å²) in [4.78, 5) is 15.6. The van der Waals surface area contributed by atoms with Crippen LogP contribution in [-0.2, 0) is 20.6 Å². The number of nitrogens with one attached hydrogen (secondary N) is 1. The van der Waals surface area contributed by atoms with E-state index in [9.17, 15) is 18.3 Å². The van der Waals surface area contributed by atoms with Gasteiger partial charge in [0.05, 0.1) is 11.3 Å². The molecule has 0 amide bonds. The highest BCUT2D eigenvalue weighted by Crippen LogP contribution is 2.22. The molecular weight excluding hydrogens is 316 g/mol. The predicted octanol–water partition coefficient (Wildman–Crippen LogP) is 2.15. The molecule has 1 heterocycles. The Bertz CT molecular complexity index is 820. The zero-order chi connectivity index (χ0) is 17.3. The number of rotatable bonds is 5. The molecule has 1 aromatic carbocycles. The van der Waals surface area contributed by atoms with E-state index in [-0.39, 0.29) is 5.75 Å². The van der Waals surface area contributed by atoms with Gasteiger partial charge < -0.3 is 5.11 Å². The first kappa shape index (κ1) is 17.4. The number of benzene rings is 1. The Morgan fingerprint density at radius 2 is 1.91 bits per heavy atom. The molecule has 0 unspecified atom stereocenters. The van der Waals surface area contributed by atoms with Crippen molar-refractivity contribution in [1.29, 1.82) is 0 Å². The molecule has 1 atom stereocenters. The summed E-state index contributed by atoms with van der Waals surface area (Å²) < 4.78 is 27.1. The molecule has 0 aliphatic rings. The van der Waals surface area contributed by atoms with Gasteiger partial charge in [-0.3, -0.25) is 9.78 Å². The number of fused-ring (bicyclic) bond motifs is 1. The summed E-state index contributed by atoms with van der Waals surface area (Å²) in [6.07, 6.45) is 1.60. The van der Waals surface area contributed by atoms with Gasteiger partial charge in [0.1, 0.15) is 6.04 Å². The van der Waals surface area contributed by atoms with E-state index in [4.69, 9.17) is 0 Å². The lowest BCUT2D eigenvalue weighted by Gasteiger charge is -2.27. The third kappa shape index (κ3) is 4.27. The van der Waals surface area contributed by atoms with Crippen LogP contribution in [0.15, 0.2) is 36.5 Å². The predicted molar refractivity (Wildman–Crippen MR) is 88.4 cm³/mol. The number of hydrogen-bond acceptors (Lipinski definition) is 4. The summed E-state index contributed by atoms with van der Waals surface area (Å²) in [5.41, 5.74) is 0.396. The van der Waals surface area contributed by atoms with Gasteiger partial charge in [0.2, 0.25) is 10.0 Å². The van der Waals surface area contributed by atoms with Gasteiger partial charge in [-0.25, -0.2) is 13.1 Å². The quantitative estimate of drug-likeness (QED) is 0.872. The highest BCUT2D eigenvalue weighted by Gasteiger charge is 2.34. The largest absolute Gasteiger partial charge is 0.480 e. The fourth-order valence-corrected chi connectivity index (χ4v) is 3.85. The van der Waals surface area contributed by atoms with Crippen molar-refractivity contribution in [2.24, 2.45) is 5.41 Å². The average molecular weight is 336 g/mol. The van der Waals surface area contributed by atoms with Crippen LogP contribution < -0.4 is 4.72 Å². The van der Waals surface area contributed by atoms with Crippen LogP contribution in [0.3, 0.4) is 0 Å². The first-order valence-corrected chi connectivity index (χ1v) is 8.81. The third-order valence-electron chi connectivity index (χ3n) is 3.47. The molecule has 1 aromatic heterocycles. The molecule has 2 aromatic rings. The van der Waals surface area contributed by atoms with Gasteiger partial charge in [-0.2, -0.15) is 0 Å². The van der Waals surface area contributed by atoms with Crippen LogP contribution in [0.2, 0.25) is 0 Å². The monoisotopic (exact) mass is 336 g/mol. The number of carboxylic acids is 1. The first-order valence-electron chi connectivity index (χ1n) is 7.15. The summed E-state index contributed by atoms with van der Waals surface area (Å²) in [6, 6.07) is 7.71. The van der Waals surface area contributed by atoms with E-state index >= 15 is 0 Å². The number of sulfonamides is 1.